The lowest BCUT2D eigenvalue weighted by Crippen LogP contribution is -2.03. The number of carbonyl (C=O) groups excluding carboxylic acids is 1. The lowest BCUT2D eigenvalue weighted by molar-refractivity contribution is -0.394. The zero-order valence-corrected chi connectivity index (χ0v) is 13.2. The molecule has 0 bridgehead atoms. The van der Waals surface area contributed by atoms with E-state index in [1.54, 1.807) is 19.1 Å². The zero-order chi connectivity index (χ0) is 18.1. The first-order valence-electron chi connectivity index (χ1n) is 6.98. The number of carbonyl (C=O) groups is 1. The van der Waals surface area contributed by atoms with Gasteiger partial charge in [0.1, 0.15) is 0 Å². The van der Waals surface area contributed by atoms with Crippen molar-refractivity contribution in [1.82, 2.24) is 0 Å². The van der Waals surface area contributed by atoms with Gasteiger partial charge in [0, 0.05) is 11.6 Å². The van der Waals surface area contributed by atoms with Crippen LogP contribution in [0.15, 0.2) is 48.5 Å². The number of aryl methyl sites for hydroxylation is 1. The first-order chi connectivity index (χ1) is 11.4. The Morgan fingerprint density at radius 2 is 1.67 bits per heavy atom. The minimum atomic E-state index is -0.660. The van der Waals surface area contributed by atoms with Crippen LogP contribution in [0.3, 0.4) is 0 Å². The summed E-state index contributed by atoms with van der Waals surface area (Å²) < 4.78 is 4.79. The van der Waals surface area contributed by atoms with Gasteiger partial charge in [0.25, 0.3) is 11.4 Å². The minimum Gasteiger partial charge on any atom is -0.462 e. The summed E-state index contributed by atoms with van der Waals surface area (Å²) in [4.78, 5) is 30.4. The molecule has 0 radical (unpaired) electrons. The smallest absolute Gasteiger partial charge is 0.338 e. The molecule has 0 aromatic heterocycles. The van der Waals surface area contributed by atoms with E-state index in [9.17, 15) is 25.0 Å². The Bertz CT molecular complexity index is 731. The quantitative estimate of drug-likeness (QED) is 0.479. The summed E-state index contributed by atoms with van der Waals surface area (Å²) in [5.74, 6) is -0.256. The molecule has 0 atom stereocenters. The average Bonchev–Trinajstić information content (AvgIpc) is 2.56. The van der Waals surface area contributed by atoms with Crippen LogP contribution < -0.4 is 0 Å². The topological polar surface area (TPSA) is 113 Å². The third-order valence-electron chi connectivity index (χ3n) is 2.89. The van der Waals surface area contributed by atoms with Crippen molar-refractivity contribution >= 4 is 17.3 Å². The summed E-state index contributed by atoms with van der Waals surface area (Å²) in [6.45, 7) is 3.75. The maximum atomic E-state index is 11.0. The molecule has 2 aromatic rings. The third kappa shape index (κ3) is 5.48. The number of nitro groups is 2. The number of nitro benzene ring substituents is 2. The normalized spacial score (nSPS) is 9.42. The Balaban J connectivity index is 0.000000243. The van der Waals surface area contributed by atoms with Gasteiger partial charge in [0.05, 0.1) is 28.1 Å². The van der Waals surface area contributed by atoms with E-state index in [2.05, 4.69) is 0 Å². The highest BCUT2D eigenvalue weighted by atomic mass is 16.6. The zero-order valence-electron chi connectivity index (χ0n) is 13.2. The lowest BCUT2D eigenvalue weighted by Gasteiger charge is -1.99. The molecule has 0 amide bonds. The Morgan fingerprint density at radius 1 is 1.04 bits per heavy atom. The predicted molar refractivity (Wildman–Crippen MR) is 86.9 cm³/mol. The highest BCUT2D eigenvalue weighted by Crippen LogP contribution is 2.23. The molecule has 0 N–H and O–H groups in total. The molecule has 0 unspecified atom stereocenters. The van der Waals surface area contributed by atoms with Gasteiger partial charge in [0.2, 0.25) is 0 Å². The highest BCUT2D eigenvalue weighted by Gasteiger charge is 2.15. The molecule has 0 aliphatic carbocycles. The van der Waals surface area contributed by atoms with Gasteiger partial charge in [-0.2, -0.15) is 0 Å². The fraction of sp³-hybridized carbons (Fsp3) is 0.188. The molecule has 0 aliphatic heterocycles. The van der Waals surface area contributed by atoms with Crippen LogP contribution in [0.5, 0.6) is 0 Å². The number of benzene rings is 2. The van der Waals surface area contributed by atoms with Gasteiger partial charge in [-0.25, -0.2) is 4.79 Å². The molecule has 0 saturated heterocycles. The molecule has 2 rings (SSSR count). The predicted octanol–water partition coefficient (Wildman–Crippen LogP) is 3.67. The van der Waals surface area contributed by atoms with Crippen molar-refractivity contribution in [3.05, 3.63) is 79.9 Å². The van der Waals surface area contributed by atoms with Crippen LogP contribution in [0.2, 0.25) is 0 Å². The van der Waals surface area contributed by atoms with Crippen LogP contribution >= 0.6 is 0 Å². The van der Waals surface area contributed by atoms with Crippen molar-refractivity contribution in [1.29, 1.82) is 0 Å². The second-order valence-corrected chi connectivity index (χ2v) is 4.57. The van der Waals surface area contributed by atoms with Crippen molar-refractivity contribution in [2.45, 2.75) is 13.8 Å². The molecular weight excluding hydrogens is 316 g/mol. The van der Waals surface area contributed by atoms with Gasteiger partial charge in [-0.1, -0.05) is 18.2 Å². The molecular formula is C16H16N2O6. The molecule has 0 aliphatic rings. The van der Waals surface area contributed by atoms with E-state index in [0.29, 0.717) is 17.7 Å². The van der Waals surface area contributed by atoms with Crippen LogP contribution in [-0.2, 0) is 4.74 Å². The largest absolute Gasteiger partial charge is 0.462 e. The molecule has 126 valence electrons. The van der Waals surface area contributed by atoms with Gasteiger partial charge < -0.3 is 4.74 Å². The van der Waals surface area contributed by atoms with Gasteiger partial charge in [0.15, 0.2) is 0 Å². The number of nitrogens with zero attached hydrogens (tertiary/aromatic N) is 2. The molecule has 0 saturated carbocycles. The minimum absolute atomic E-state index is 0.228. The van der Waals surface area contributed by atoms with E-state index in [-0.39, 0.29) is 17.3 Å². The van der Waals surface area contributed by atoms with Gasteiger partial charge in [-0.3, -0.25) is 20.2 Å². The third-order valence-corrected chi connectivity index (χ3v) is 2.89. The van der Waals surface area contributed by atoms with E-state index in [1.807, 2.05) is 18.2 Å². The first kappa shape index (κ1) is 18.8. The summed E-state index contributed by atoms with van der Waals surface area (Å²) in [5, 5.41) is 20.6. The summed E-state index contributed by atoms with van der Waals surface area (Å²) in [5.41, 5.74) is 0.524. The van der Waals surface area contributed by atoms with E-state index in [1.165, 1.54) is 19.1 Å². The maximum absolute atomic E-state index is 11.0. The van der Waals surface area contributed by atoms with Gasteiger partial charge >= 0.3 is 5.97 Å². The monoisotopic (exact) mass is 332 g/mol. The summed E-state index contributed by atoms with van der Waals surface area (Å²) in [6, 6.07) is 12.5. The Morgan fingerprint density at radius 3 is 2.17 bits per heavy atom. The fourth-order valence-corrected chi connectivity index (χ4v) is 1.70. The molecule has 24 heavy (non-hydrogen) atoms. The van der Waals surface area contributed by atoms with Crippen molar-refractivity contribution in [3.63, 3.8) is 0 Å². The van der Waals surface area contributed by atoms with Crippen molar-refractivity contribution in [2.24, 2.45) is 0 Å². The van der Waals surface area contributed by atoms with Crippen LogP contribution in [0, 0.1) is 27.2 Å². The second kappa shape index (κ2) is 8.99. The van der Waals surface area contributed by atoms with Crippen LogP contribution in [0.1, 0.15) is 22.8 Å². The van der Waals surface area contributed by atoms with Crippen molar-refractivity contribution in [2.75, 3.05) is 6.61 Å². The summed E-state index contributed by atoms with van der Waals surface area (Å²) >= 11 is 0. The number of hydrogen-bond acceptors (Lipinski definition) is 6. The Labute approximate surface area is 138 Å². The van der Waals surface area contributed by atoms with E-state index in [0.717, 1.165) is 6.07 Å². The Kier molecular flexibility index (Phi) is 7.02. The summed E-state index contributed by atoms with van der Waals surface area (Å²) in [6.07, 6.45) is 0. The Hall–Kier alpha value is -3.29. The van der Waals surface area contributed by atoms with E-state index < -0.39 is 9.85 Å². The van der Waals surface area contributed by atoms with Gasteiger partial charge in [-0.05, 0) is 32.0 Å². The van der Waals surface area contributed by atoms with Crippen LogP contribution in [-0.4, -0.2) is 22.4 Å². The first-order valence-corrected chi connectivity index (χ1v) is 6.98. The standard InChI is InChI=1S/C9H10O2.C7H6N2O4/c1-2-11-9(10)8-6-4-3-5-7-8;1-5-2-3-6(8(10)11)4-7(5)9(12)13/h3-7H,2H2,1H3;2-4H,1H3. The summed E-state index contributed by atoms with van der Waals surface area (Å²) in [7, 11) is 0. The number of hydrogen-bond donors (Lipinski definition) is 0. The number of esters is 1. The maximum Gasteiger partial charge on any atom is 0.338 e. The fourth-order valence-electron chi connectivity index (χ4n) is 1.70. The molecule has 0 heterocycles. The van der Waals surface area contributed by atoms with E-state index >= 15 is 0 Å². The number of ether oxygens (including phenoxy) is 1. The van der Waals surface area contributed by atoms with E-state index in [4.69, 9.17) is 4.74 Å². The lowest BCUT2D eigenvalue weighted by atomic mass is 10.2. The van der Waals surface area contributed by atoms with Crippen LogP contribution in [0.25, 0.3) is 0 Å². The van der Waals surface area contributed by atoms with Crippen molar-refractivity contribution in [3.8, 4) is 0 Å². The van der Waals surface area contributed by atoms with Gasteiger partial charge in [-0.15, -0.1) is 0 Å². The second-order valence-electron chi connectivity index (χ2n) is 4.57. The molecule has 0 spiro atoms. The molecule has 8 heteroatoms. The average molecular weight is 332 g/mol. The van der Waals surface area contributed by atoms with Crippen LogP contribution in [0.4, 0.5) is 11.4 Å². The molecule has 8 nitrogen and oxygen atoms in total. The molecule has 0 fully saturated rings. The number of rotatable bonds is 4. The van der Waals surface area contributed by atoms with Crippen molar-refractivity contribution < 1.29 is 19.4 Å². The SMILES string of the molecule is CCOC(=O)c1ccccc1.Cc1ccc([N+](=O)[O-])cc1[N+](=O)[O-]. The molecule has 2 aromatic carbocycles. The number of non-ortho nitro benzene ring substituents is 1. The highest BCUT2D eigenvalue weighted by molar-refractivity contribution is 5.89.